The quantitative estimate of drug-likeness (QED) is 0.844. The lowest BCUT2D eigenvalue weighted by Gasteiger charge is -2.13. The zero-order valence-corrected chi connectivity index (χ0v) is 12.2. The number of carbonyl (C=O) groups excluding carboxylic acids is 1. The lowest BCUT2D eigenvalue weighted by molar-refractivity contribution is -0.118. The molecular weight excluding hydrogens is 324 g/mol. The summed E-state index contributed by atoms with van der Waals surface area (Å²) in [5.41, 5.74) is 0.348. The van der Waals surface area contributed by atoms with Crippen LogP contribution in [0.1, 0.15) is 0 Å². The van der Waals surface area contributed by atoms with Crippen molar-refractivity contribution in [2.75, 3.05) is 6.54 Å². The molecule has 0 saturated carbocycles. The summed E-state index contributed by atoms with van der Waals surface area (Å²) in [4.78, 5) is 11.2. The zero-order chi connectivity index (χ0) is 14.5. The second kappa shape index (κ2) is 4.44. The number of nitrogens with zero attached hydrogens (tertiary/aromatic N) is 1. The van der Waals surface area contributed by atoms with Gasteiger partial charge in [-0.2, -0.15) is 8.42 Å². The second-order valence-electron chi connectivity index (χ2n) is 4.06. The molecule has 0 aliphatic carbocycles. The minimum atomic E-state index is -4.10. The van der Waals surface area contributed by atoms with Crippen molar-refractivity contribution >= 4 is 55.8 Å². The first kappa shape index (κ1) is 13.3. The maximum absolute atomic E-state index is 12.4. The van der Waals surface area contributed by atoms with Crippen LogP contribution in [-0.4, -0.2) is 30.3 Å². The summed E-state index contributed by atoms with van der Waals surface area (Å²) in [6, 6.07) is 6.66. The highest BCUT2D eigenvalue weighted by Crippen LogP contribution is 2.35. The lowest BCUT2D eigenvalue weighted by Crippen LogP contribution is -2.33. The molecule has 1 N–H and O–H groups in total. The molecule has 9 heteroatoms. The Morgan fingerprint density at radius 2 is 2.05 bits per heavy atom. The van der Waals surface area contributed by atoms with E-state index in [0.717, 1.165) is 4.31 Å². The number of nitrogens with one attached hydrogen (secondary N) is 1. The predicted octanol–water partition coefficient (Wildman–Crippen LogP) is 1.49. The summed E-state index contributed by atoms with van der Waals surface area (Å²) in [5, 5.41) is 2.10. The number of furan rings is 1. The smallest absolute Gasteiger partial charge is 0.301 e. The number of para-hydroxylation sites is 1. The van der Waals surface area contributed by atoms with Crippen molar-refractivity contribution in [2.24, 2.45) is 0 Å². The van der Waals surface area contributed by atoms with Gasteiger partial charge in [0.05, 0.1) is 0 Å². The van der Waals surface area contributed by atoms with Crippen LogP contribution in [0.15, 0.2) is 33.8 Å². The summed E-state index contributed by atoms with van der Waals surface area (Å²) in [7, 11) is -4.10. The largest absolute Gasteiger partial charge is 0.442 e. The molecular formula is C11H7ClN2O4S2. The molecule has 1 aliphatic heterocycles. The van der Waals surface area contributed by atoms with E-state index in [9.17, 15) is 13.2 Å². The van der Waals surface area contributed by atoms with Crippen molar-refractivity contribution in [3.05, 3.63) is 29.3 Å². The fourth-order valence-corrected chi connectivity index (χ4v) is 4.12. The van der Waals surface area contributed by atoms with Crippen molar-refractivity contribution in [2.45, 2.75) is 5.09 Å². The van der Waals surface area contributed by atoms with Gasteiger partial charge in [-0.1, -0.05) is 23.7 Å². The van der Waals surface area contributed by atoms with Crippen LogP contribution >= 0.6 is 23.8 Å². The molecule has 6 nitrogen and oxygen atoms in total. The summed E-state index contributed by atoms with van der Waals surface area (Å²) < 4.78 is 31.0. The molecule has 1 aliphatic rings. The van der Waals surface area contributed by atoms with Crippen molar-refractivity contribution in [1.29, 1.82) is 0 Å². The first-order valence-corrected chi connectivity index (χ1v) is 7.67. The molecule has 0 atom stereocenters. The van der Waals surface area contributed by atoms with Gasteiger partial charge in [0.1, 0.15) is 17.2 Å². The highest BCUT2D eigenvalue weighted by atomic mass is 35.5. The van der Waals surface area contributed by atoms with Crippen LogP contribution in [0.3, 0.4) is 0 Å². The third kappa shape index (κ3) is 1.88. The van der Waals surface area contributed by atoms with Gasteiger partial charge >= 0.3 is 10.0 Å². The molecule has 1 saturated heterocycles. The molecule has 0 spiro atoms. The van der Waals surface area contributed by atoms with Crippen LogP contribution in [0.4, 0.5) is 0 Å². The Hall–Kier alpha value is -1.64. The van der Waals surface area contributed by atoms with E-state index in [1.807, 2.05) is 0 Å². The van der Waals surface area contributed by atoms with Gasteiger partial charge in [0.2, 0.25) is 5.91 Å². The molecule has 0 unspecified atom stereocenters. The van der Waals surface area contributed by atoms with Gasteiger partial charge < -0.3 is 9.73 Å². The van der Waals surface area contributed by atoms with Crippen LogP contribution < -0.4 is 5.32 Å². The second-order valence-corrected chi connectivity index (χ2v) is 6.59. The number of carbonyl (C=O) groups is 1. The average molecular weight is 331 g/mol. The van der Waals surface area contributed by atoms with E-state index >= 15 is 0 Å². The molecule has 2 aromatic rings. The molecule has 2 heterocycles. The molecule has 1 amide bonds. The summed E-state index contributed by atoms with van der Waals surface area (Å²) >= 11 is 10.9. The number of thiocarbonyl (C=S) groups is 1. The van der Waals surface area contributed by atoms with Gasteiger partial charge in [0.15, 0.2) is 5.11 Å². The molecule has 1 aromatic carbocycles. The number of fused-ring (bicyclic) bond motifs is 1. The van der Waals surface area contributed by atoms with Crippen LogP contribution in [0.5, 0.6) is 0 Å². The number of hydrogen-bond donors (Lipinski definition) is 1. The SMILES string of the molecule is O=C1CN(S(=O)(=O)c2oc3ccccc3c2Cl)C(=S)N1. The topological polar surface area (TPSA) is 79.6 Å². The Bertz CT molecular complexity index is 843. The maximum Gasteiger partial charge on any atom is 0.301 e. The van der Waals surface area contributed by atoms with Crippen LogP contribution in [0, 0.1) is 0 Å². The van der Waals surface area contributed by atoms with E-state index < -0.39 is 21.0 Å². The van der Waals surface area contributed by atoms with E-state index in [1.54, 1.807) is 24.3 Å². The maximum atomic E-state index is 12.4. The number of sulfonamides is 1. The molecule has 0 bridgehead atoms. The zero-order valence-electron chi connectivity index (χ0n) is 9.79. The fraction of sp³-hybridized carbons (Fsp3) is 0.0909. The molecule has 1 aromatic heterocycles. The molecule has 3 rings (SSSR count). The number of halogens is 1. The van der Waals surface area contributed by atoms with Gasteiger partial charge in [-0.25, -0.2) is 4.31 Å². The van der Waals surface area contributed by atoms with Crippen molar-refractivity contribution < 1.29 is 17.6 Å². The number of amides is 1. The molecule has 104 valence electrons. The highest BCUT2D eigenvalue weighted by molar-refractivity contribution is 7.91. The number of rotatable bonds is 2. The summed E-state index contributed by atoms with van der Waals surface area (Å²) in [6.07, 6.45) is 0. The Morgan fingerprint density at radius 1 is 1.35 bits per heavy atom. The van der Waals surface area contributed by atoms with Gasteiger partial charge in [-0.05, 0) is 24.4 Å². The van der Waals surface area contributed by atoms with Gasteiger partial charge in [0, 0.05) is 5.39 Å². The molecule has 20 heavy (non-hydrogen) atoms. The molecule has 0 radical (unpaired) electrons. The Balaban J connectivity index is 2.17. The van der Waals surface area contributed by atoms with Crippen LogP contribution in [0.25, 0.3) is 11.0 Å². The first-order valence-electron chi connectivity index (χ1n) is 5.45. The van der Waals surface area contributed by atoms with Crippen molar-refractivity contribution in [3.8, 4) is 0 Å². The van der Waals surface area contributed by atoms with E-state index in [-0.39, 0.29) is 16.7 Å². The van der Waals surface area contributed by atoms with E-state index in [1.165, 1.54) is 0 Å². The minimum absolute atomic E-state index is 0.0252. The van der Waals surface area contributed by atoms with Crippen molar-refractivity contribution in [1.82, 2.24) is 9.62 Å². The Morgan fingerprint density at radius 3 is 2.65 bits per heavy atom. The summed E-state index contributed by atoms with van der Waals surface area (Å²) in [6.45, 7) is -0.380. The van der Waals surface area contributed by atoms with Crippen LogP contribution in [0.2, 0.25) is 5.02 Å². The Labute approximate surface area is 124 Å². The van der Waals surface area contributed by atoms with Gasteiger partial charge in [0.25, 0.3) is 5.09 Å². The number of benzene rings is 1. The average Bonchev–Trinajstić information content (AvgIpc) is 2.91. The first-order chi connectivity index (χ1) is 9.41. The third-order valence-electron chi connectivity index (χ3n) is 2.79. The van der Waals surface area contributed by atoms with E-state index in [0.29, 0.717) is 11.0 Å². The standard InChI is InChI=1S/C11H7ClN2O4S2/c12-9-6-3-1-2-4-7(6)18-10(9)20(16,17)14-5-8(15)13-11(14)19/h1-4H,5H2,(H,13,15,19). The normalized spacial score (nSPS) is 15.9. The van der Waals surface area contributed by atoms with Gasteiger partial charge in [-0.15, -0.1) is 0 Å². The predicted molar refractivity (Wildman–Crippen MR) is 75.9 cm³/mol. The highest BCUT2D eigenvalue weighted by Gasteiger charge is 2.38. The Kier molecular flexibility index (Phi) is 2.96. The lowest BCUT2D eigenvalue weighted by atomic mass is 10.3. The minimum Gasteiger partial charge on any atom is -0.442 e. The van der Waals surface area contributed by atoms with E-state index in [2.05, 4.69) is 5.32 Å². The van der Waals surface area contributed by atoms with Crippen LogP contribution in [-0.2, 0) is 14.8 Å². The van der Waals surface area contributed by atoms with Crippen molar-refractivity contribution in [3.63, 3.8) is 0 Å². The monoisotopic (exact) mass is 330 g/mol. The summed E-state index contributed by atoms with van der Waals surface area (Å²) in [5.74, 6) is -0.495. The number of hydrogen-bond acceptors (Lipinski definition) is 5. The third-order valence-corrected chi connectivity index (χ3v) is 5.36. The van der Waals surface area contributed by atoms with E-state index in [4.69, 9.17) is 28.2 Å². The van der Waals surface area contributed by atoms with Gasteiger partial charge in [-0.3, -0.25) is 4.79 Å². The molecule has 1 fully saturated rings. The fourth-order valence-electron chi connectivity index (χ4n) is 1.88.